The van der Waals surface area contributed by atoms with Gasteiger partial charge in [-0.1, -0.05) is 0 Å². The van der Waals surface area contributed by atoms with E-state index in [-0.39, 0.29) is 11.1 Å². The number of aromatic carboxylic acids is 1. The second kappa shape index (κ2) is 3.21. The van der Waals surface area contributed by atoms with Crippen molar-refractivity contribution < 1.29 is 9.90 Å². The molecule has 0 spiro atoms. The molecule has 64 valence electrons. The number of hydrogen-bond donors (Lipinski definition) is 1. The van der Waals surface area contributed by atoms with E-state index in [4.69, 9.17) is 5.11 Å². The first-order valence-corrected chi connectivity index (χ1v) is 3.59. The van der Waals surface area contributed by atoms with Crippen LogP contribution >= 0.6 is 0 Å². The molecule has 0 radical (unpaired) electrons. The number of pyridine rings is 1. The van der Waals surface area contributed by atoms with E-state index < -0.39 is 5.97 Å². The van der Waals surface area contributed by atoms with Crippen LogP contribution in [0.3, 0.4) is 0 Å². The molecule has 0 aliphatic carbocycles. The van der Waals surface area contributed by atoms with E-state index >= 15 is 0 Å². The molecule has 0 aromatic carbocycles. The highest BCUT2D eigenvalue weighted by Crippen LogP contribution is 1.93. The first kappa shape index (κ1) is 8.52. The molecule has 4 heteroatoms. The average molecular weight is 167 g/mol. The zero-order valence-electron chi connectivity index (χ0n) is 6.65. The third-order valence-electron chi connectivity index (χ3n) is 1.58. The molecule has 1 rings (SSSR count). The maximum absolute atomic E-state index is 11.1. The summed E-state index contributed by atoms with van der Waals surface area (Å²) in [6.45, 7) is 2.38. The lowest BCUT2D eigenvalue weighted by Crippen LogP contribution is -2.19. The number of rotatable bonds is 2. The summed E-state index contributed by atoms with van der Waals surface area (Å²) in [5, 5.41) is 8.52. The van der Waals surface area contributed by atoms with Gasteiger partial charge in [0.05, 0.1) is 5.56 Å². The molecule has 1 aromatic heterocycles. The molecular formula is C8H9NO3. The molecular weight excluding hydrogens is 158 g/mol. The zero-order valence-corrected chi connectivity index (χ0v) is 6.65. The second-order valence-corrected chi connectivity index (χ2v) is 2.34. The fraction of sp³-hybridized carbons (Fsp3) is 0.250. The van der Waals surface area contributed by atoms with Gasteiger partial charge in [0.25, 0.3) is 5.56 Å². The maximum Gasteiger partial charge on any atom is 0.335 e. The third kappa shape index (κ3) is 1.53. The van der Waals surface area contributed by atoms with E-state index in [1.807, 2.05) is 6.92 Å². The summed E-state index contributed by atoms with van der Waals surface area (Å²) < 4.78 is 1.44. The van der Waals surface area contributed by atoms with E-state index in [9.17, 15) is 9.59 Å². The quantitative estimate of drug-likeness (QED) is 0.700. The monoisotopic (exact) mass is 167 g/mol. The standard InChI is InChI=1S/C8H9NO3/c1-2-9-4-3-6(8(11)12)5-7(9)10/h3-5H,2H2,1H3,(H,11,12). The lowest BCUT2D eigenvalue weighted by molar-refractivity contribution is 0.0696. The number of carboxylic acid groups (broad SMARTS) is 1. The van der Waals surface area contributed by atoms with Gasteiger partial charge in [-0.3, -0.25) is 4.79 Å². The summed E-state index contributed by atoms with van der Waals surface area (Å²) in [5.41, 5.74) is -0.248. The molecule has 0 atom stereocenters. The van der Waals surface area contributed by atoms with Crippen LogP contribution in [-0.2, 0) is 6.54 Å². The summed E-state index contributed by atoms with van der Waals surface area (Å²) >= 11 is 0. The maximum atomic E-state index is 11.1. The Morgan fingerprint density at radius 3 is 2.75 bits per heavy atom. The lowest BCUT2D eigenvalue weighted by atomic mass is 10.3. The summed E-state index contributed by atoms with van der Waals surface area (Å²) in [5.74, 6) is -1.07. The summed E-state index contributed by atoms with van der Waals surface area (Å²) in [6.07, 6.45) is 1.48. The fourth-order valence-electron chi connectivity index (χ4n) is 0.902. The first-order chi connectivity index (χ1) is 5.65. The first-order valence-electron chi connectivity index (χ1n) is 3.59. The molecule has 1 N–H and O–H groups in total. The van der Waals surface area contributed by atoms with E-state index in [2.05, 4.69) is 0 Å². The largest absolute Gasteiger partial charge is 0.478 e. The van der Waals surface area contributed by atoms with E-state index in [1.54, 1.807) is 0 Å². The Morgan fingerprint density at radius 2 is 2.33 bits per heavy atom. The lowest BCUT2D eigenvalue weighted by Gasteiger charge is -2.00. The van der Waals surface area contributed by atoms with Crippen molar-refractivity contribution in [1.82, 2.24) is 4.57 Å². The van der Waals surface area contributed by atoms with Gasteiger partial charge in [0.2, 0.25) is 0 Å². The van der Waals surface area contributed by atoms with Crippen LogP contribution in [-0.4, -0.2) is 15.6 Å². The van der Waals surface area contributed by atoms with Crippen LogP contribution in [0, 0.1) is 0 Å². The van der Waals surface area contributed by atoms with Crippen molar-refractivity contribution >= 4 is 5.97 Å². The number of nitrogens with zero attached hydrogens (tertiary/aromatic N) is 1. The van der Waals surface area contributed by atoms with Gasteiger partial charge in [-0.2, -0.15) is 0 Å². The molecule has 0 amide bonds. The van der Waals surface area contributed by atoms with Crippen molar-refractivity contribution in [2.24, 2.45) is 0 Å². The number of aryl methyl sites for hydroxylation is 1. The predicted molar refractivity (Wildman–Crippen MR) is 43.3 cm³/mol. The van der Waals surface area contributed by atoms with E-state index in [1.165, 1.54) is 16.8 Å². The highest BCUT2D eigenvalue weighted by atomic mass is 16.4. The number of hydrogen-bond acceptors (Lipinski definition) is 2. The van der Waals surface area contributed by atoms with Gasteiger partial charge in [0, 0.05) is 18.8 Å². The second-order valence-electron chi connectivity index (χ2n) is 2.34. The van der Waals surface area contributed by atoms with Gasteiger partial charge < -0.3 is 9.67 Å². The van der Waals surface area contributed by atoms with Crippen molar-refractivity contribution in [1.29, 1.82) is 0 Å². The Hall–Kier alpha value is -1.58. The van der Waals surface area contributed by atoms with Crippen molar-refractivity contribution in [2.45, 2.75) is 13.5 Å². The van der Waals surface area contributed by atoms with Gasteiger partial charge >= 0.3 is 5.97 Å². The van der Waals surface area contributed by atoms with Crippen LogP contribution in [0.4, 0.5) is 0 Å². The zero-order chi connectivity index (χ0) is 9.14. The molecule has 0 saturated heterocycles. The Balaban J connectivity index is 3.19. The molecule has 0 aliphatic rings. The predicted octanol–water partition coefficient (Wildman–Crippen LogP) is 0.566. The van der Waals surface area contributed by atoms with Gasteiger partial charge in [-0.05, 0) is 13.0 Å². The minimum atomic E-state index is -1.07. The third-order valence-corrected chi connectivity index (χ3v) is 1.58. The highest BCUT2D eigenvalue weighted by molar-refractivity contribution is 5.87. The fourth-order valence-corrected chi connectivity index (χ4v) is 0.902. The molecule has 0 aliphatic heterocycles. The minimum Gasteiger partial charge on any atom is -0.478 e. The number of carbonyl (C=O) groups is 1. The van der Waals surface area contributed by atoms with Crippen LogP contribution in [0.5, 0.6) is 0 Å². The van der Waals surface area contributed by atoms with Gasteiger partial charge in [0.1, 0.15) is 0 Å². The Labute approximate surface area is 69.1 Å². The van der Waals surface area contributed by atoms with Crippen molar-refractivity contribution in [3.05, 3.63) is 34.2 Å². The van der Waals surface area contributed by atoms with E-state index in [0.29, 0.717) is 6.54 Å². The van der Waals surface area contributed by atoms with Crippen LogP contribution in [0.1, 0.15) is 17.3 Å². The highest BCUT2D eigenvalue weighted by Gasteiger charge is 2.03. The SMILES string of the molecule is CCn1ccc(C(=O)O)cc1=O. The van der Waals surface area contributed by atoms with Crippen LogP contribution in [0.15, 0.2) is 23.1 Å². The van der Waals surface area contributed by atoms with Gasteiger partial charge in [-0.15, -0.1) is 0 Å². The molecule has 0 bridgehead atoms. The molecule has 0 saturated carbocycles. The average Bonchev–Trinajstić information content (AvgIpc) is 2.04. The molecule has 4 nitrogen and oxygen atoms in total. The van der Waals surface area contributed by atoms with Crippen LogP contribution in [0.2, 0.25) is 0 Å². The molecule has 0 fully saturated rings. The smallest absolute Gasteiger partial charge is 0.335 e. The van der Waals surface area contributed by atoms with E-state index in [0.717, 1.165) is 6.07 Å². The molecule has 1 heterocycles. The Kier molecular flexibility index (Phi) is 2.28. The normalized spacial score (nSPS) is 9.75. The van der Waals surface area contributed by atoms with Crippen LogP contribution in [0.25, 0.3) is 0 Å². The Bertz CT molecular complexity index is 354. The molecule has 0 unspecified atom stereocenters. The number of carboxylic acids is 1. The van der Waals surface area contributed by atoms with Gasteiger partial charge in [-0.25, -0.2) is 4.79 Å². The molecule has 12 heavy (non-hydrogen) atoms. The summed E-state index contributed by atoms with van der Waals surface area (Å²) in [6, 6.07) is 2.53. The van der Waals surface area contributed by atoms with Crippen molar-refractivity contribution in [3.63, 3.8) is 0 Å². The van der Waals surface area contributed by atoms with Crippen LogP contribution < -0.4 is 5.56 Å². The molecule has 1 aromatic rings. The van der Waals surface area contributed by atoms with Gasteiger partial charge in [0.15, 0.2) is 0 Å². The summed E-state index contributed by atoms with van der Waals surface area (Å²) in [7, 11) is 0. The number of aromatic nitrogens is 1. The minimum absolute atomic E-state index is 0.0321. The van der Waals surface area contributed by atoms with Crippen molar-refractivity contribution in [3.8, 4) is 0 Å². The topological polar surface area (TPSA) is 59.3 Å². The van der Waals surface area contributed by atoms with Crippen molar-refractivity contribution in [2.75, 3.05) is 0 Å². The Morgan fingerprint density at radius 1 is 1.67 bits per heavy atom. The summed E-state index contributed by atoms with van der Waals surface area (Å²) in [4.78, 5) is 21.5.